The average molecular weight is 162 g/mol. The van der Waals surface area contributed by atoms with E-state index in [0.717, 1.165) is 6.92 Å². The molecule has 0 rings (SSSR count). The van der Waals surface area contributed by atoms with Crippen LogP contribution in [0.1, 0.15) is 34.1 Å². The van der Waals surface area contributed by atoms with Crippen LogP contribution in [0.15, 0.2) is 11.7 Å². The summed E-state index contributed by atoms with van der Waals surface area (Å²) in [6.45, 7) is 6.86. The SMILES string of the molecule is C/C(F)=C(/F)[C@H](C)CC(C)C. The molecule has 2 heteroatoms. The first-order chi connectivity index (χ1) is 4.95. The summed E-state index contributed by atoms with van der Waals surface area (Å²) in [5.74, 6) is -1.15. The molecule has 0 N–H and O–H groups in total. The van der Waals surface area contributed by atoms with Crippen molar-refractivity contribution in [3.05, 3.63) is 11.7 Å². The van der Waals surface area contributed by atoms with Crippen molar-refractivity contribution < 1.29 is 8.78 Å². The van der Waals surface area contributed by atoms with Gasteiger partial charge in [-0.1, -0.05) is 20.8 Å². The molecule has 66 valence electrons. The van der Waals surface area contributed by atoms with Crippen LogP contribution in [-0.2, 0) is 0 Å². The van der Waals surface area contributed by atoms with E-state index in [1.54, 1.807) is 6.92 Å². The molecule has 0 spiro atoms. The minimum Gasteiger partial charge on any atom is -0.209 e. The maximum atomic E-state index is 12.8. The van der Waals surface area contributed by atoms with E-state index in [0.29, 0.717) is 12.3 Å². The molecular formula is C9H16F2. The Labute approximate surface area is 67.3 Å². The highest BCUT2D eigenvalue weighted by Crippen LogP contribution is 2.23. The largest absolute Gasteiger partial charge is 0.209 e. The minimum absolute atomic E-state index is 0.278. The van der Waals surface area contributed by atoms with Crippen LogP contribution in [0.4, 0.5) is 8.78 Å². The molecule has 1 atom stereocenters. The van der Waals surface area contributed by atoms with Gasteiger partial charge in [0.25, 0.3) is 0 Å². The molecule has 0 bridgehead atoms. The monoisotopic (exact) mass is 162 g/mol. The van der Waals surface area contributed by atoms with E-state index < -0.39 is 11.7 Å². The Kier molecular flexibility index (Phi) is 4.31. The van der Waals surface area contributed by atoms with Crippen LogP contribution in [0, 0.1) is 11.8 Å². The van der Waals surface area contributed by atoms with Gasteiger partial charge < -0.3 is 0 Å². The molecule has 0 aliphatic rings. The summed E-state index contributed by atoms with van der Waals surface area (Å²) in [6, 6.07) is 0. The van der Waals surface area contributed by atoms with Crippen molar-refractivity contribution >= 4 is 0 Å². The second kappa shape index (κ2) is 4.47. The summed E-state index contributed by atoms with van der Waals surface area (Å²) in [7, 11) is 0. The summed E-state index contributed by atoms with van der Waals surface area (Å²) in [5, 5.41) is 0. The van der Waals surface area contributed by atoms with Gasteiger partial charge in [-0.3, -0.25) is 0 Å². The summed E-state index contributed by atoms with van der Waals surface area (Å²) in [6.07, 6.45) is 0.701. The van der Waals surface area contributed by atoms with Crippen molar-refractivity contribution in [3.63, 3.8) is 0 Å². The number of hydrogen-bond donors (Lipinski definition) is 0. The minimum atomic E-state index is -0.682. The zero-order valence-corrected chi connectivity index (χ0v) is 7.62. The summed E-state index contributed by atoms with van der Waals surface area (Å²) in [5.41, 5.74) is 0. The van der Waals surface area contributed by atoms with Crippen molar-refractivity contribution in [3.8, 4) is 0 Å². The van der Waals surface area contributed by atoms with Crippen LogP contribution >= 0.6 is 0 Å². The lowest BCUT2D eigenvalue weighted by Gasteiger charge is -2.11. The van der Waals surface area contributed by atoms with Gasteiger partial charge in [0.1, 0.15) is 11.7 Å². The molecule has 0 aliphatic carbocycles. The van der Waals surface area contributed by atoms with Crippen LogP contribution in [-0.4, -0.2) is 0 Å². The molecule has 0 heterocycles. The molecule has 0 nitrogen and oxygen atoms in total. The molecule has 0 aliphatic heterocycles. The Hall–Kier alpha value is -0.400. The lowest BCUT2D eigenvalue weighted by Crippen LogP contribution is -2.01. The van der Waals surface area contributed by atoms with Gasteiger partial charge in [0.15, 0.2) is 0 Å². The van der Waals surface area contributed by atoms with Crippen LogP contribution < -0.4 is 0 Å². The molecule has 0 amide bonds. The van der Waals surface area contributed by atoms with Crippen LogP contribution in [0.3, 0.4) is 0 Å². The highest BCUT2D eigenvalue weighted by Gasteiger charge is 2.12. The van der Waals surface area contributed by atoms with Crippen molar-refractivity contribution in [2.45, 2.75) is 34.1 Å². The maximum absolute atomic E-state index is 12.8. The Morgan fingerprint density at radius 3 is 1.91 bits per heavy atom. The fourth-order valence-electron chi connectivity index (χ4n) is 1.15. The van der Waals surface area contributed by atoms with Gasteiger partial charge in [0.2, 0.25) is 0 Å². The molecular weight excluding hydrogens is 146 g/mol. The third-order valence-electron chi connectivity index (χ3n) is 1.59. The third kappa shape index (κ3) is 4.12. The van der Waals surface area contributed by atoms with Gasteiger partial charge in [0, 0.05) is 5.92 Å². The van der Waals surface area contributed by atoms with Gasteiger partial charge in [-0.15, -0.1) is 0 Å². The molecule has 0 unspecified atom stereocenters. The van der Waals surface area contributed by atoms with Crippen LogP contribution in [0.2, 0.25) is 0 Å². The summed E-state index contributed by atoms with van der Waals surface area (Å²) in [4.78, 5) is 0. The predicted octanol–water partition coefficient (Wildman–Crippen LogP) is 3.84. The van der Waals surface area contributed by atoms with Crippen molar-refractivity contribution in [1.29, 1.82) is 0 Å². The van der Waals surface area contributed by atoms with Gasteiger partial charge in [-0.2, -0.15) is 0 Å². The van der Waals surface area contributed by atoms with Crippen LogP contribution in [0.5, 0.6) is 0 Å². The normalized spacial score (nSPS) is 16.6. The second-order valence-electron chi connectivity index (χ2n) is 3.41. The Balaban J connectivity index is 4.04. The van der Waals surface area contributed by atoms with E-state index in [-0.39, 0.29) is 5.92 Å². The Morgan fingerprint density at radius 1 is 1.18 bits per heavy atom. The Morgan fingerprint density at radius 2 is 1.64 bits per heavy atom. The lowest BCUT2D eigenvalue weighted by molar-refractivity contribution is 0.388. The summed E-state index contributed by atoms with van der Waals surface area (Å²) < 4.78 is 25.1. The number of halogens is 2. The molecule has 0 fully saturated rings. The summed E-state index contributed by atoms with van der Waals surface area (Å²) >= 11 is 0. The van der Waals surface area contributed by atoms with Crippen molar-refractivity contribution in [2.24, 2.45) is 11.8 Å². The van der Waals surface area contributed by atoms with Crippen molar-refractivity contribution in [2.75, 3.05) is 0 Å². The lowest BCUT2D eigenvalue weighted by atomic mass is 9.97. The fourth-order valence-corrected chi connectivity index (χ4v) is 1.15. The van der Waals surface area contributed by atoms with E-state index in [1.807, 2.05) is 13.8 Å². The smallest absolute Gasteiger partial charge is 0.134 e. The molecule has 0 aromatic rings. The van der Waals surface area contributed by atoms with Gasteiger partial charge in [-0.05, 0) is 19.3 Å². The number of rotatable bonds is 3. The van der Waals surface area contributed by atoms with Crippen LogP contribution in [0.25, 0.3) is 0 Å². The predicted molar refractivity (Wildman–Crippen MR) is 43.5 cm³/mol. The average Bonchev–Trinajstić information content (AvgIpc) is 1.84. The zero-order chi connectivity index (χ0) is 9.02. The highest BCUT2D eigenvalue weighted by atomic mass is 19.2. The highest BCUT2D eigenvalue weighted by molar-refractivity contribution is 5.00. The van der Waals surface area contributed by atoms with E-state index in [1.165, 1.54) is 0 Å². The number of hydrogen-bond acceptors (Lipinski definition) is 0. The fraction of sp³-hybridized carbons (Fsp3) is 0.778. The first-order valence-corrected chi connectivity index (χ1v) is 3.97. The van der Waals surface area contributed by atoms with E-state index in [9.17, 15) is 8.78 Å². The maximum Gasteiger partial charge on any atom is 0.134 e. The Bertz CT molecular complexity index is 144. The first-order valence-electron chi connectivity index (χ1n) is 3.97. The van der Waals surface area contributed by atoms with Crippen molar-refractivity contribution in [1.82, 2.24) is 0 Å². The molecule has 0 saturated heterocycles. The van der Waals surface area contributed by atoms with E-state index in [2.05, 4.69) is 0 Å². The molecule has 0 radical (unpaired) electrons. The molecule has 0 saturated carbocycles. The number of allylic oxidation sites excluding steroid dienone is 2. The van der Waals surface area contributed by atoms with Gasteiger partial charge in [0.05, 0.1) is 0 Å². The van der Waals surface area contributed by atoms with Gasteiger partial charge in [-0.25, -0.2) is 8.78 Å². The molecule has 11 heavy (non-hydrogen) atoms. The van der Waals surface area contributed by atoms with Gasteiger partial charge >= 0.3 is 0 Å². The first kappa shape index (κ1) is 10.6. The molecule has 0 aromatic heterocycles. The molecule has 0 aromatic carbocycles. The topological polar surface area (TPSA) is 0 Å². The zero-order valence-electron chi connectivity index (χ0n) is 7.62. The standard InChI is InChI=1S/C9H16F2/c1-6(2)5-7(3)9(11)8(4)10/h6-7H,5H2,1-4H3/b9-8-/t7-/m1/s1. The second-order valence-corrected chi connectivity index (χ2v) is 3.41. The van der Waals surface area contributed by atoms with E-state index in [4.69, 9.17) is 0 Å². The quantitative estimate of drug-likeness (QED) is 0.591. The third-order valence-corrected chi connectivity index (χ3v) is 1.59. The van der Waals surface area contributed by atoms with E-state index >= 15 is 0 Å².